The first-order valence-electron chi connectivity index (χ1n) is 5.52. The maximum absolute atomic E-state index is 11.2. The summed E-state index contributed by atoms with van der Waals surface area (Å²) >= 11 is 0. The average Bonchev–Trinajstić information content (AvgIpc) is 2.26. The van der Waals surface area contributed by atoms with Crippen LogP contribution in [-0.2, 0) is 20.9 Å². The van der Waals surface area contributed by atoms with Gasteiger partial charge in [-0.2, -0.15) is 0 Å². The minimum Gasteiger partial charge on any atom is -0.461 e. The lowest BCUT2D eigenvalue weighted by molar-refractivity contribution is -0.148. The number of rotatable bonds is 4. The Kier molecular flexibility index (Phi) is 4.69. The Balaban J connectivity index is 2.51. The van der Waals surface area contributed by atoms with Crippen molar-refractivity contribution in [3.05, 3.63) is 29.8 Å². The van der Waals surface area contributed by atoms with Gasteiger partial charge in [-0.25, -0.2) is 0 Å². The summed E-state index contributed by atoms with van der Waals surface area (Å²) in [5.41, 5.74) is 1.63. The van der Waals surface area contributed by atoms with Gasteiger partial charge in [-0.3, -0.25) is 9.59 Å². The molecule has 0 atom stereocenters. The van der Waals surface area contributed by atoms with Gasteiger partial charge in [0.05, 0.1) is 5.92 Å². The molecule has 1 rings (SSSR count). The molecule has 1 N–H and O–H groups in total. The van der Waals surface area contributed by atoms with Crippen molar-refractivity contribution in [3.63, 3.8) is 0 Å². The summed E-state index contributed by atoms with van der Waals surface area (Å²) in [5, 5.41) is 2.67. The Morgan fingerprint density at radius 3 is 2.29 bits per heavy atom. The number of hydrogen-bond acceptors (Lipinski definition) is 3. The van der Waals surface area contributed by atoms with Crippen molar-refractivity contribution < 1.29 is 14.3 Å². The first-order chi connectivity index (χ1) is 7.99. The third-order valence-corrected chi connectivity index (χ3v) is 2.13. The van der Waals surface area contributed by atoms with Crippen LogP contribution in [0.4, 0.5) is 5.69 Å². The molecule has 0 radical (unpaired) electrons. The van der Waals surface area contributed by atoms with E-state index in [4.69, 9.17) is 4.74 Å². The number of nitrogens with one attached hydrogen (secondary N) is 1. The molecule has 4 nitrogen and oxygen atoms in total. The number of amides is 1. The lowest BCUT2D eigenvalue weighted by Gasteiger charge is -2.08. The number of benzene rings is 1. The van der Waals surface area contributed by atoms with E-state index in [0.29, 0.717) is 0 Å². The molecule has 0 aromatic heterocycles. The van der Waals surface area contributed by atoms with E-state index in [1.54, 1.807) is 26.0 Å². The Morgan fingerprint density at radius 1 is 1.24 bits per heavy atom. The van der Waals surface area contributed by atoms with Crippen LogP contribution in [0, 0.1) is 5.92 Å². The van der Waals surface area contributed by atoms with Gasteiger partial charge in [-0.05, 0) is 17.7 Å². The molecule has 0 bridgehead atoms. The van der Waals surface area contributed by atoms with Crippen molar-refractivity contribution in [1.82, 2.24) is 0 Å². The monoisotopic (exact) mass is 235 g/mol. The van der Waals surface area contributed by atoms with Gasteiger partial charge < -0.3 is 10.1 Å². The van der Waals surface area contributed by atoms with Gasteiger partial charge in [0.25, 0.3) is 0 Å². The van der Waals surface area contributed by atoms with Crippen LogP contribution in [0.15, 0.2) is 24.3 Å². The van der Waals surface area contributed by atoms with Crippen molar-refractivity contribution >= 4 is 17.6 Å². The molecule has 0 aliphatic rings. The summed E-state index contributed by atoms with van der Waals surface area (Å²) in [7, 11) is 0. The number of hydrogen-bond donors (Lipinski definition) is 1. The molecule has 1 aromatic rings. The van der Waals surface area contributed by atoms with E-state index in [-0.39, 0.29) is 24.4 Å². The smallest absolute Gasteiger partial charge is 0.308 e. The molecular formula is C13H17NO3. The summed E-state index contributed by atoms with van der Waals surface area (Å²) < 4.78 is 5.08. The molecule has 0 unspecified atom stereocenters. The SMILES string of the molecule is CC(=O)Nc1ccc(COC(=O)C(C)C)cc1. The number of ether oxygens (including phenoxy) is 1. The molecule has 0 aliphatic heterocycles. The molecule has 0 saturated heterocycles. The van der Waals surface area contributed by atoms with Crippen LogP contribution in [0.3, 0.4) is 0 Å². The fraction of sp³-hybridized carbons (Fsp3) is 0.385. The molecule has 0 fully saturated rings. The van der Waals surface area contributed by atoms with Gasteiger partial charge in [-0.15, -0.1) is 0 Å². The summed E-state index contributed by atoms with van der Waals surface area (Å²) in [5.74, 6) is -0.437. The van der Waals surface area contributed by atoms with Gasteiger partial charge in [-0.1, -0.05) is 26.0 Å². The molecule has 0 saturated carbocycles. The lowest BCUT2D eigenvalue weighted by Crippen LogP contribution is -2.11. The van der Waals surface area contributed by atoms with Crippen molar-refractivity contribution in [1.29, 1.82) is 0 Å². The maximum atomic E-state index is 11.2. The summed E-state index contributed by atoms with van der Waals surface area (Å²) in [6.45, 7) is 5.31. The van der Waals surface area contributed by atoms with E-state index in [9.17, 15) is 9.59 Å². The standard InChI is InChI=1S/C13H17NO3/c1-9(2)13(16)17-8-11-4-6-12(7-5-11)14-10(3)15/h4-7,9H,8H2,1-3H3,(H,14,15). The molecule has 92 valence electrons. The second-order valence-electron chi connectivity index (χ2n) is 4.14. The van der Waals surface area contributed by atoms with E-state index >= 15 is 0 Å². The highest BCUT2D eigenvalue weighted by Crippen LogP contribution is 2.11. The van der Waals surface area contributed by atoms with Crippen LogP contribution in [0.2, 0.25) is 0 Å². The average molecular weight is 235 g/mol. The predicted octanol–water partition coefficient (Wildman–Crippen LogP) is 2.34. The zero-order chi connectivity index (χ0) is 12.8. The van der Waals surface area contributed by atoms with Crippen molar-refractivity contribution in [2.24, 2.45) is 5.92 Å². The third kappa shape index (κ3) is 4.68. The highest BCUT2D eigenvalue weighted by atomic mass is 16.5. The molecule has 1 amide bonds. The van der Waals surface area contributed by atoms with Crippen molar-refractivity contribution in [2.75, 3.05) is 5.32 Å². The highest BCUT2D eigenvalue weighted by Gasteiger charge is 2.08. The predicted molar refractivity (Wildman–Crippen MR) is 65.4 cm³/mol. The first-order valence-corrected chi connectivity index (χ1v) is 5.52. The lowest BCUT2D eigenvalue weighted by atomic mass is 10.2. The Hall–Kier alpha value is -1.84. The summed E-state index contributed by atoms with van der Waals surface area (Å²) in [6, 6.07) is 7.19. The van der Waals surface area contributed by atoms with E-state index in [1.807, 2.05) is 12.1 Å². The van der Waals surface area contributed by atoms with Gasteiger partial charge in [0.2, 0.25) is 5.91 Å². The minimum atomic E-state index is -0.212. The number of carbonyl (C=O) groups is 2. The van der Waals surface area contributed by atoms with Crippen LogP contribution in [-0.4, -0.2) is 11.9 Å². The zero-order valence-electron chi connectivity index (χ0n) is 10.3. The first kappa shape index (κ1) is 13.2. The van der Waals surface area contributed by atoms with Crippen LogP contribution in [0.1, 0.15) is 26.3 Å². The normalized spacial score (nSPS) is 10.1. The Morgan fingerprint density at radius 2 is 1.82 bits per heavy atom. The van der Waals surface area contributed by atoms with E-state index < -0.39 is 0 Å². The maximum Gasteiger partial charge on any atom is 0.308 e. The van der Waals surface area contributed by atoms with Gasteiger partial charge in [0.15, 0.2) is 0 Å². The van der Waals surface area contributed by atoms with E-state index in [2.05, 4.69) is 5.32 Å². The number of esters is 1. The molecule has 0 spiro atoms. The number of carbonyl (C=O) groups excluding carboxylic acids is 2. The second kappa shape index (κ2) is 6.03. The fourth-order valence-corrected chi connectivity index (χ4v) is 1.21. The van der Waals surface area contributed by atoms with Gasteiger partial charge in [0.1, 0.15) is 6.61 Å². The van der Waals surface area contributed by atoms with Gasteiger partial charge in [0, 0.05) is 12.6 Å². The zero-order valence-corrected chi connectivity index (χ0v) is 10.3. The Bertz CT molecular complexity index is 396. The Labute approximate surface area is 101 Å². The largest absolute Gasteiger partial charge is 0.461 e. The molecule has 17 heavy (non-hydrogen) atoms. The summed E-state index contributed by atoms with van der Waals surface area (Å²) in [6.07, 6.45) is 0. The fourth-order valence-electron chi connectivity index (χ4n) is 1.21. The van der Waals surface area contributed by atoms with Gasteiger partial charge >= 0.3 is 5.97 Å². The molecule has 0 heterocycles. The molecule has 0 aliphatic carbocycles. The number of anilines is 1. The van der Waals surface area contributed by atoms with Crippen molar-refractivity contribution in [3.8, 4) is 0 Å². The highest BCUT2D eigenvalue weighted by molar-refractivity contribution is 5.88. The molecular weight excluding hydrogens is 218 g/mol. The third-order valence-electron chi connectivity index (χ3n) is 2.13. The van der Waals surface area contributed by atoms with Crippen LogP contribution in [0.5, 0.6) is 0 Å². The van der Waals surface area contributed by atoms with Crippen molar-refractivity contribution in [2.45, 2.75) is 27.4 Å². The quantitative estimate of drug-likeness (QED) is 0.815. The van der Waals surface area contributed by atoms with Crippen LogP contribution < -0.4 is 5.32 Å². The topological polar surface area (TPSA) is 55.4 Å². The summed E-state index contributed by atoms with van der Waals surface area (Å²) in [4.78, 5) is 22.1. The minimum absolute atomic E-state index is 0.107. The van der Waals surface area contributed by atoms with Crippen LogP contribution >= 0.6 is 0 Å². The second-order valence-corrected chi connectivity index (χ2v) is 4.14. The van der Waals surface area contributed by atoms with E-state index in [0.717, 1.165) is 11.3 Å². The van der Waals surface area contributed by atoms with Crippen LogP contribution in [0.25, 0.3) is 0 Å². The molecule has 1 aromatic carbocycles. The van der Waals surface area contributed by atoms with E-state index in [1.165, 1.54) is 6.92 Å². The molecule has 4 heteroatoms.